The van der Waals surface area contributed by atoms with E-state index in [9.17, 15) is 9.59 Å². The van der Waals surface area contributed by atoms with Gasteiger partial charge in [-0.15, -0.1) is 0 Å². The van der Waals surface area contributed by atoms with Crippen molar-refractivity contribution in [3.8, 4) is 11.5 Å². The number of hydrogen-bond donors (Lipinski definition) is 1. The van der Waals surface area contributed by atoms with E-state index in [1.54, 1.807) is 18.2 Å². The molecule has 0 aliphatic carbocycles. The summed E-state index contributed by atoms with van der Waals surface area (Å²) in [5, 5.41) is 0. The number of carbonyl (C=O) groups excluding carboxylic acids is 2. The number of carbonyl (C=O) groups is 2. The SMILES string of the molecule is COc1cc(C(=O)N2CCCC(CN3CCN(c4ccccn4)CC3)C2)ccc1OCC(N)=O. The molecule has 2 aliphatic rings. The molecule has 9 heteroatoms. The quantitative estimate of drug-likeness (QED) is 0.630. The second-order valence-corrected chi connectivity index (χ2v) is 8.86. The number of benzene rings is 1. The Bertz CT molecular complexity index is 979. The summed E-state index contributed by atoms with van der Waals surface area (Å²) in [5.74, 6) is 1.71. The van der Waals surface area contributed by atoms with E-state index in [0.29, 0.717) is 23.0 Å². The van der Waals surface area contributed by atoms with Gasteiger partial charge < -0.3 is 25.0 Å². The van der Waals surface area contributed by atoms with Crippen molar-refractivity contribution in [2.75, 3.05) is 64.4 Å². The van der Waals surface area contributed by atoms with E-state index in [4.69, 9.17) is 15.2 Å². The molecule has 0 bridgehead atoms. The van der Waals surface area contributed by atoms with E-state index in [1.165, 1.54) is 7.11 Å². The fourth-order valence-electron chi connectivity index (χ4n) is 4.72. The molecule has 1 aromatic heterocycles. The number of amides is 2. The second-order valence-electron chi connectivity index (χ2n) is 8.86. The van der Waals surface area contributed by atoms with Crippen LogP contribution in [0.5, 0.6) is 11.5 Å². The van der Waals surface area contributed by atoms with E-state index in [1.807, 2.05) is 23.2 Å². The summed E-state index contributed by atoms with van der Waals surface area (Å²) in [6, 6.07) is 11.1. The van der Waals surface area contributed by atoms with E-state index in [0.717, 1.165) is 64.5 Å². The molecule has 2 fully saturated rings. The smallest absolute Gasteiger partial charge is 0.255 e. The lowest BCUT2D eigenvalue weighted by atomic mass is 9.96. The maximum Gasteiger partial charge on any atom is 0.255 e. The summed E-state index contributed by atoms with van der Waals surface area (Å²) in [4.78, 5) is 35.4. The number of primary amides is 1. The molecule has 3 heterocycles. The van der Waals surface area contributed by atoms with Gasteiger partial charge in [-0.3, -0.25) is 14.5 Å². The van der Waals surface area contributed by atoms with Crippen molar-refractivity contribution in [3.05, 3.63) is 48.2 Å². The van der Waals surface area contributed by atoms with E-state index >= 15 is 0 Å². The largest absolute Gasteiger partial charge is 0.493 e. The molecule has 2 N–H and O–H groups in total. The minimum Gasteiger partial charge on any atom is -0.493 e. The van der Waals surface area contributed by atoms with Crippen LogP contribution in [-0.2, 0) is 4.79 Å². The molecule has 34 heavy (non-hydrogen) atoms. The summed E-state index contributed by atoms with van der Waals surface area (Å²) >= 11 is 0. The summed E-state index contributed by atoms with van der Waals surface area (Å²) in [6.45, 7) is 6.21. The Hall–Kier alpha value is -3.33. The van der Waals surface area contributed by atoms with Gasteiger partial charge in [0.2, 0.25) is 0 Å². The van der Waals surface area contributed by atoms with Crippen LogP contribution < -0.4 is 20.1 Å². The van der Waals surface area contributed by atoms with Gasteiger partial charge in [0.05, 0.1) is 7.11 Å². The van der Waals surface area contributed by atoms with Crippen LogP contribution in [0.4, 0.5) is 5.82 Å². The monoisotopic (exact) mass is 467 g/mol. The number of ether oxygens (including phenoxy) is 2. The average molecular weight is 468 g/mol. The number of hydrogen-bond acceptors (Lipinski definition) is 7. The standard InChI is InChI=1S/C25H33N5O4/c1-33-22-15-20(7-8-21(22)34-18-23(26)31)25(32)30-10-4-5-19(17-30)16-28-11-13-29(14-12-28)24-6-2-3-9-27-24/h2-3,6-9,15,19H,4-5,10-14,16-18H2,1H3,(H2,26,31). The first-order chi connectivity index (χ1) is 16.5. The molecule has 1 aromatic carbocycles. The molecule has 4 rings (SSSR count). The normalized spacial score (nSPS) is 19.0. The third-order valence-corrected chi connectivity index (χ3v) is 6.45. The van der Waals surface area contributed by atoms with Gasteiger partial charge in [-0.25, -0.2) is 4.98 Å². The Labute approximate surface area is 200 Å². The fourth-order valence-corrected chi connectivity index (χ4v) is 4.72. The van der Waals surface area contributed by atoms with Gasteiger partial charge in [0.1, 0.15) is 5.82 Å². The molecular weight excluding hydrogens is 434 g/mol. The minimum absolute atomic E-state index is 0.00979. The fraction of sp³-hybridized carbons (Fsp3) is 0.480. The van der Waals surface area contributed by atoms with Crippen molar-refractivity contribution in [2.45, 2.75) is 12.8 Å². The number of nitrogens with zero attached hydrogens (tertiary/aromatic N) is 4. The van der Waals surface area contributed by atoms with Crippen LogP contribution >= 0.6 is 0 Å². The highest BCUT2D eigenvalue weighted by Gasteiger charge is 2.28. The van der Waals surface area contributed by atoms with Crippen LogP contribution in [0.1, 0.15) is 23.2 Å². The summed E-state index contributed by atoms with van der Waals surface area (Å²) in [6.07, 6.45) is 3.97. The van der Waals surface area contributed by atoms with Gasteiger partial charge in [0, 0.05) is 57.6 Å². The summed E-state index contributed by atoms with van der Waals surface area (Å²) in [7, 11) is 1.51. The van der Waals surface area contributed by atoms with Gasteiger partial charge in [-0.2, -0.15) is 0 Å². The van der Waals surface area contributed by atoms with Gasteiger partial charge >= 0.3 is 0 Å². The van der Waals surface area contributed by atoms with Gasteiger partial charge in [0.15, 0.2) is 18.1 Å². The molecule has 0 saturated carbocycles. The minimum atomic E-state index is -0.570. The maximum absolute atomic E-state index is 13.2. The van der Waals surface area contributed by atoms with Crippen molar-refractivity contribution in [1.29, 1.82) is 0 Å². The Morgan fingerprint density at radius 2 is 1.91 bits per heavy atom. The lowest BCUT2D eigenvalue weighted by molar-refractivity contribution is -0.119. The van der Waals surface area contributed by atoms with Crippen LogP contribution in [0, 0.1) is 5.92 Å². The molecule has 0 spiro atoms. The van der Waals surface area contributed by atoms with Crippen LogP contribution in [-0.4, -0.2) is 86.1 Å². The Morgan fingerprint density at radius 3 is 2.62 bits per heavy atom. The van der Waals surface area contributed by atoms with Crippen molar-refractivity contribution >= 4 is 17.6 Å². The number of likely N-dealkylation sites (tertiary alicyclic amines) is 1. The van der Waals surface area contributed by atoms with E-state index < -0.39 is 5.91 Å². The zero-order chi connectivity index (χ0) is 23.9. The summed E-state index contributed by atoms with van der Waals surface area (Å²) < 4.78 is 10.7. The second kappa shape index (κ2) is 11.2. The first-order valence-corrected chi connectivity index (χ1v) is 11.8. The highest BCUT2D eigenvalue weighted by molar-refractivity contribution is 5.95. The molecule has 9 nitrogen and oxygen atoms in total. The first-order valence-electron chi connectivity index (χ1n) is 11.8. The first kappa shape index (κ1) is 23.8. The summed E-state index contributed by atoms with van der Waals surface area (Å²) in [5.41, 5.74) is 5.70. The number of nitrogens with two attached hydrogens (primary N) is 1. The number of pyridine rings is 1. The molecule has 0 radical (unpaired) electrons. The van der Waals surface area contributed by atoms with Gasteiger partial charge in [-0.05, 0) is 49.1 Å². The van der Waals surface area contributed by atoms with Crippen LogP contribution in [0.25, 0.3) is 0 Å². The lowest BCUT2D eigenvalue weighted by Gasteiger charge is -2.39. The molecule has 182 valence electrons. The topological polar surface area (TPSA) is 101 Å². The number of aromatic nitrogens is 1. The third kappa shape index (κ3) is 5.96. The maximum atomic E-state index is 13.2. The van der Waals surface area contributed by atoms with Crippen molar-refractivity contribution in [2.24, 2.45) is 11.7 Å². The molecule has 2 saturated heterocycles. The van der Waals surface area contributed by atoms with Gasteiger partial charge in [0.25, 0.3) is 11.8 Å². The number of piperidine rings is 1. The van der Waals surface area contributed by atoms with Crippen LogP contribution in [0.15, 0.2) is 42.6 Å². The Kier molecular flexibility index (Phi) is 7.84. The van der Waals surface area contributed by atoms with Crippen molar-refractivity contribution < 1.29 is 19.1 Å². The number of anilines is 1. The van der Waals surface area contributed by atoms with E-state index in [-0.39, 0.29) is 12.5 Å². The molecule has 2 aliphatic heterocycles. The molecule has 2 aromatic rings. The highest BCUT2D eigenvalue weighted by atomic mass is 16.5. The zero-order valence-corrected chi connectivity index (χ0v) is 19.7. The average Bonchev–Trinajstić information content (AvgIpc) is 2.88. The number of methoxy groups -OCH3 is 1. The predicted molar refractivity (Wildman–Crippen MR) is 129 cm³/mol. The number of piperazine rings is 1. The Morgan fingerprint density at radius 1 is 1.09 bits per heavy atom. The van der Waals surface area contributed by atoms with E-state index in [2.05, 4.69) is 20.9 Å². The zero-order valence-electron chi connectivity index (χ0n) is 19.7. The van der Waals surface area contributed by atoms with Crippen LogP contribution in [0.2, 0.25) is 0 Å². The highest BCUT2D eigenvalue weighted by Crippen LogP contribution is 2.29. The Balaban J connectivity index is 1.31. The van der Waals surface area contributed by atoms with Gasteiger partial charge in [-0.1, -0.05) is 6.07 Å². The lowest BCUT2D eigenvalue weighted by Crippen LogP contribution is -2.50. The van der Waals surface area contributed by atoms with Crippen molar-refractivity contribution in [1.82, 2.24) is 14.8 Å². The van der Waals surface area contributed by atoms with Crippen molar-refractivity contribution in [3.63, 3.8) is 0 Å². The molecule has 1 atom stereocenters. The molecular formula is C25H33N5O4. The predicted octanol–water partition coefficient (Wildman–Crippen LogP) is 1.63. The molecule has 2 amide bonds. The third-order valence-electron chi connectivity index (χ3n) is 6.45. The van der Waals surface area contributed by atoms with Crippen LogP contribution in [0.3, 0.4) is 0 Å². The molecule has 1 unspecified atom stereocenters. The number of rotatable bonds is 8.